The largest absolute Gasteiger partial charge is 0.493 e. The average molecular weight is 486 g/mol. The van der Waals surface area contributed by atoms with Crippen molar-refractivity contribution in [2.24, 2.45) is 0 Å². The van der Waals surface area contributed by atoms with Crippen LogP contribution in [-0.2, 0) is 23.7 Å². The molecule has 3 rings (SSSR count). The molecule has 0 aliphatic carbocycles. The molecule has 1 unspecified atom stereocenters. The van der Waals surface area contributed by atoms with E-state index < -0.39 is 35.0 Å². The molecule has 0 bridgehead atoms. The molecule has 3 aromatic rings. The number of fused-ring (bicyclic) bond motifs is 1. The van der Waals surface area contributed by atoms with Crippen molar-refractivity contribution in [1.29, 1.82) is 0 Å². The molecule has 0 saturated carbocycles. The van der Waals surface area contributed by atoms with Crippen molar-refractivity contribution in [2.75, 3.05) is 20.8 Å². The van der Waals surface area contributed by atoms with Crippen molar-refractivity contribution in [1.82, 2.24) is 10.3 Å². The number of nitrogens with one attached hydrogen (secondary N) is 1. The van der Waals surface area contributed by atoms with Crippen LogP contribution in [0.1, 0.15) is 28.3 Å². The van der Waals surface area contributed by atoms with Crippen molar-refractivity contribution >= 4 is 17.2 Å². The van der Waals surface area contributed by atoms with Gasteiger partial charge in [0.2, 0.25) is 0 Å². The van der Waals surface area contributed by atoms with Crippen LogP contribution in [0.15, 0.2) is 42.5 Å². The monoisotopic (exact) mass is 486 g/mol. The van der Waals surface area contributed by atoms with E-state index in [1.54, 1.807) is 18.2 Å². The highest BCUT2D eigenvalue weighted by Gasteiger charge is 2.38. The van der Waals surface area contributed by atoms with Crippen molar-refractivity contribution in [2.45, 2.75) is 24.8 Å². The normalized spacial score (nSPS) is 13.1. The minimum atomic E-state index is -5.00. The highest BCUT2D eigenvalue weighted by atomic mass is 19.4. The minimum absolute atomic E-state index is 0.121. The molecular weight excluding hydrogens is 466 g/mol. The zero-order valence-electron chi connectivity index (χ0n) is 18.1. The van der Waals surface area contributed by atoms with Gasteiger partial charge in [-0.3, -0.25) is 0 Å². The third-order valence-corrected chi connectivity index (χ3v) is 5.17. The summed E-state index contributed by atoms with van der Waals surface area (Å²) in [6.45, 7) is 0.0954. The molecule has 1 heterocycles. The van der Waals surface area contributed by atoms with Crippen LogP contribution < -0.4 is 14.8 Å². The highest BCUT2D eigenvalue weighted by Crippen LogP contribution is 2.39. The number of hydrogen-bond donors (Lipinski definition) is 1. The standard InChI is InChI=1S/C23H20F6N2O3/c1-33-18-7-6-13(8-19(18)34-2)10-30-11-14(12-32)16-9-20(23(27,28)29)31-21-15(16)4-3-5-17(21)22(24,25)26/h3-9,12,14,30H,10-11H2,1-2H3. The lowest BCUT2D eigenvalue weighted by Crippen LogP contribution is -2.23. The molecule has 0 amide bonds. The maximum atomic E-state index is 13.4. The first-order valence-corrected chi connectivity index (χ1v) is 9.94. The van der Waals surface area contributed by atoms with E-state index in [2.05, 4.69) is 10.3 Å². The summed E-state index contributed by atoms with van der Waals surface area (Å²) in [5, 5.41) is 2.78. The van der Waals surface area contributed by atoms with Gasteiger partial charge in [-0.05, 0) is 35.4 Å². The quantitative estimate of drug-likeness (QED) is 0.343. The van der Waals surface area contributed by atoms with Gasteiger partial charge in [0.05, 0.1) is 31.2 Å². The number of nitrogens with zero attached hydrogens (tertiary/aromatic N) is 1. The molecule has 0 fully saturated rings. The number of benzene rings is 2. The van der Waals surface area contributed by atoms with Crippen LogP contribution in [-0.4, -0.2) is 32.0 Å². The van der Waals surface area contributed by atoms with Crippen LogP contribution in [0.3, 0.4) is 0 Å². The second-order valence-corrected chi connectivity index (χ2v) is 7.36. The predicted molar refractivity (Wildman–Crippen MR) is 112 cm³/mol. The number of alkyl halides is 6. The number of para-hydroxylation sites is 1. The first-order chi connectivity index (χ1) is 16.0. The van der Waals surface area contributed by atoms with Gasteiger partial charge in [0.25, 0.3) is 0 Å². The summed E-state index contributed by atoms with van der Waals surface area (Å²) in [4.78, 5) is 15.1. The zero-order chi connectivity index (χ0) is 25.1. The Labute approximate surface area is 190 Å². The summed E-state index contributed by atoms with van der Waals surface area (Å²) in [6.07, 6.45) is -9.52. The molecule has 182 valence electrons. The summed E-state index contributed by atoms with van der Waals surface area (Å²) in [5.74, 6) is -0.195. The van der Waals surface area contributed by atoms with Crippen LogP contribution in [0.2, 0.25) is 0 Å². The fourth-order valence-corrected chi connectivity index (χ4v) is 3.55. The molecule has 0 aliphatic rings. The molecule has 5 nitrogen and oxygen atoms in total. The van der Waals surface area contributed by atoms with Gasteiger partial charge in [0, 0.05) is 18.5 Å². The van der Waals surface area contributed by atoms with E-state index in [0.29, 0.717) is 29.9 Å². The first-order valence-electron chi connectivity index (χ1n) is 9.94. The van der Waals surface area contributed by atoms with E-state index in [1.165, 1.54) is 20.3 Å². The number of methoxy groups -OCH3 is 2. The molecule has 0 spiro atoms. The molecular formula is C23H20F6N2O3. The number of halogens is 6. The lowest BCUT2D eigenvalue weighted by Gasteiger charge is -2.19. The Balaban J connectivity index is 1.96. The Bertz CT molecular complexity index is 1180. The number of ether oxygens (including phenoxy) is 2. The lowest BCUT2D eigenvalue weighted by atomic mass is 9.94. The Morgan fingerprint density at radius 1 is 0.971 bits per heavy atom. The molecule has 34 heavy (non-hydrogen) atoms. The van der Waals surface area contributed by atoms with Gasteiger partial charge in [-0.2, -0.15) is 26.3 Å². The summed E-state index contributed by atoms with van der Waals surface area (Å²) in [5.41, 5.74) is -3.12. The molecule has 0 radical (unpaired) electrons. The lowest BCUT2D eigenvalue weighted by molar-refractivity contribution is -0.142. The van der Waals surface area contributed by atoms with Crippen molar-refractivity contribution in [3.63, 3.8) is 0 Å². The van der Waals surface area contributed by atoms with E-state index in [9.17, 15) is 31.1 Å². The fourth-order valence-electron chi connectivity index (χ4n) is 3.55. The Kier molecular flexibility index (Phi) is 7.35. The molecule has 11 heteroatoms. The summed E-state index contributed by atoms with van der Waals surface area (Å²) >= 11 is 0. The van der Waals surface area contributed by atoms with E-state index in [0.717, 1.165) is 11.6 Å². The summed E-state index contributed by atoms with van der Waals surface area (Å²) < 4.78 is 91.0. The fraction of sp³-hybridized carbons (Fsp3) is 0.304. The summed E-state index contributed by atoms with van der Waals surface area (Å²) in [6, 6.07) is 8.65. The highest BCUT2D eigenvalue weighted by molar-refractivity contribution is 5.88. The molecule has 1 aromatic heterocycles. The summed E-state index contributed by atoms with van der Waals surface area (Å²) in [7, 11) is 2.93. The van der Waals surface area contributed by atoms with Crippen LogP contribution in [0, 0.1) is 0 Å². The number of aldehydes is 1. The van der Waals surface area contributed by atoms with E-state index >= 15 is 0 Å². The van der Waals surface area contributed by atoms with Gasteiger partial charge in [-0.1, -0.05) is 18.2 Å². The third-order valence-electron chi connectivity index (χ3n) is 5.17. The smallest absolute Gasteiger partial charge is 0.433 e. The predicted octanol–water partition coefficient (Wildman–Crippen LogP) is 5.36. The van der Waals surface area contributed by atoms with Crippen molar-refractivity contribution in [3.8, 4) is 11.5 Å². The van der Waals surface area contributed by atoms with Crippen molar-refractivity contribution in [3.05, 3.63) is 64.8 Å². The van der Waals surface area contributed by atoms with Crippen LogP contribution in [0.4, 0.5) is 26.3 Å². The Hall–Kier alpha value is -3.34. The first kappa shape index (κ1) is 25.3. The number of pyridine rings is 1. The zero-order valence-corrected chi connectivity index (χ0v) is 18.1. The third kappa shape index (κ3) is 5.41. The van der Waals surface area contributed by atoms with Gasteiger partial charge < -0.3 is 19.6 Å². The average Bonchev–Trinajstić information content (AvgIpc) is 2.79. The minimum Gasteiger partial charge on any atom is -0.493 e. The molecule has 2 aromatic carbocycles. The van der Waals surface area contributed by atoms with Crippen LogP contribution in [0.5, 0.6) is 11.5 Å². The Morgan fingerprint density at radius 2 is 1.68 bits per heavy atom. The molecule has 0 saturated heterocycles. The van der Waals surface area contributed by atoms with Gasteiger partial charge in [0.15, 0.2) is 11.5 Å². The number of carbonyl (C=O) groups excluding carboxylic acids is 1. The topological polar surface area (TPSA) is 60.5 Å². The second kappa shape index (κ2) is 9.88. The number of hydrogen-bond acceptors (Lipinski definition) is 5. The molecule has 0 aliphatic heterocycles. The van der Waals surface area contributed by atoms with Gasteiger partial charge >= 0.3 is 12.4 Å². The maximum absolute atomic E-state index is 13.4. The number of carbonyl (C=O) groups is 1. The molecule has 1 N–H and O–H groups in total. The Morgan fingerprint density at radius 3 is 2.26 bits per heavy atom. The van der Waals surface area contributed by atoms with Crippen LogP contribution >= 0.6 is 0 Å². The van der Waals surface area contributed by atoms with E-state index in [4.69, 9.17) is 9.47 Å². The van der Waals surface area contributed by atoms with Crippen molar-refractivity contribution < 1.29 is 40.6 Å². The SMILES string of the molecule is COc1ccc(CNCC(C=O)c2cc(C(F)(F)F)nc3c(C(F)(F)F)cccc23)cc1OC. The van der Waals surface area contributed by atoms with Gasteiger partial charge in [-0.25, -0.2) is 4.98 Å². The number of aromatic nitrogens is 1. The van der Waals surface area contributed by atoms with Crippen LogP contribution in [0.25, 0.3) is 10.9 Å². The van der Waals surface area contributed by atoms with Gasteiger partial charge in [-0.15, -0.1) is 0 Å². The van der Waals surface area contributed by atoms with Gasteiger partial charge in [0.1, 0.15) is 12.0 Å². The van der Waals surface area contributed by atoms with E-state index in [-0.39, 0.29) is 24.0 Å². The van der Waals surface area contributed by atoms with E-state index in [1.807, 2.05) is 0 Å². The maximum Gasteiger partial charge on any atom is 0.433 e. The molecule has 1 atom stereocenters. The number of rotatable bonds is 8. The second-order valence-electron chi connectivity index (χ2n) is 7.36.